The van der Waals surface area contributed by atoms with Crippen molar-refractivity contribution in [1.82, 2.24) is 15.5 Å². The fourth-order valence-electron chi connectivity index (χ4n) is 4.09. The zero-order valence-electron chi connectivity index (χ0n) is 18.2. The predicted octanol–water partition coefficient (Wildman–Crippen LogP) is 2.10. The number of carbonyl (C=O) groups is 2. The number of nitrogens with two attached hydrogens (primary N) is 1. The minimum absolute atomic E-state index is 0.169. The third kappa shape index (κ3) is 6.07. The Bertz CT molecular complexity index is 911. The molecule has 0 spiro atoms. The summed E-state index contributed by atoms with van der Waals surface area (Å²) in [6.45, 7) is 4.67. The molecule has 1 fully saturated rings. The van der Waals surface area contributed by atoms with Crippen molar-refractivity contribution < 1.29 is 9.59 Å². The number of amides is 2. The minimum Gasteiger partial charge on any atom is -0.368 e. The molecule has 3 rings (SSSR count). The zero-order chi connectivity index (χ0) is 22.2. The molecule has 2 amide bonds. The molecule has 0 saturated carbocycles. The first-order chi connectivity index (χ1) is 15.0. The predicted molar refractivity (Wildman–Crippen MR) is 123 cm³/mol. The number of benzene rings is 2. The summed E-state index contributed by atoms with van der Waals surface area (Å²) in [4.78, 5) is 29.6. The Hall–Kier alpha value is -3.35. The Balaban J connectivity index is 1.53. The summed E-state index contributed by atoms with van der Waals surface area (Å²) in [5, 5.41) is 5.92. The van der Waals surface area contributed by atoms with E-state index >= 15 is 0 Å². The molecule has 2 atom stereocenters. The number of hydrogen-bond donors (Lipinski definition) is 3. The van der Waals surface area contributed by atoms with Gasteiger partial charge in [-0.05, 0) is 41.5 Å². The summed E-state index contributed by atoms with van der Waals surface area (Å²) in [5.74, 6) is 1.12. The number of primary amides is 1. The molecule has 0 aromatic heterocycles. The second kappa shape index (κ2) is 10.6. The number of nitrogens with one attached hydrogen (secondary N) is 2. The van der Waals surface area contributed by atoms with E-state index in [1.807, 2.05) is 19.2 Å². The van der Waals surface area contributed by atoms with E-state index in [4.69, 9.17) is 5.73 Å². The van der Waals surface area contributed by atoms with Gasteiger partial charge in [-0.2, -0.15) is 0 Å². The lowest BCUT2D eigenvalue weighted by molar-refractivity contribution is -0.117. The highest BCUT2D eigenvalue weighted by Gasteiger charge is 2.28. The highest BCUT2D eigenvalue weighted by molar-refractivity contribution is 5.96. The van der Waals surface area contributed by atoms with E-state index in [2.05, 4.69) is 57.8 Å². The summed E-state index contributed by atoms with van der Waals surface area (Å²) >= 11 is 0. The SMILES string of the molecule is CN=C(NCc1ccc(C(=O)NCC(N)=O)cc1)N1CCC(c2ccccc2)C(C)C1. The molecule has 31 heavy (non-hydrogen) atoms. The van der Waals surface area contributed by atoms with Crippen molar-refractivity contribution in [2.24, 2.45) is 16.6 Å². The van der Waals surface area contributed by atoms with Gasteiger partial charge in [-0.3, -0.25) is 14.6 Å². The van der Waals surface area contributed by atoms with Crippen LogP contribution in [-0.4, -0.2) is 49.4 Å². The maximum atomic E-state index is 12.0. The van der Waals surface area contributed by atoms with Crippen molar-refractivity contribution in [3.63, 3.8) is 0 Å². The summed E-state index contributed by atoms with van der Waals surface area (Å²) in [5.41, 5.74) is 8.00. The van der Waals surface area contributed by atoms with Gasteiger partial charge in [-0.25, -0.2) is 0 Å². The number of rotatable bonds is 6. The molecular formula is C24H31N5O2. The highest BCUT2D eigenvalue weighted by Crippen LogP contribution is 2.32. The largest absolute Gasteiger partial charge is 0.368 e. The second-order valence-corrected chi connectivity index (χ2v) is 7.98. The summed E-state index contributed by atoms with van der Waals surface area (Å²) in [7, 11) is 1.81. The monoisotopic (exact) mass is 421 g/mol. The summed E-state index contributed by atoms with van der Waals surface area (Å²) in [6.07, 6.45) is 1.10. The molecule has 164 valence electrons. The third-order valence-corrected chi connectivity index (χ3v) is 5.73. The molecule has 0 aliphatic carbocycles. The highest BCUT2D eigenvalue weighted by atomic mass is 16.2. The molecular weight excluding hydrogens is 390 g/mol. The van der Waals surface area contributed by atoms with E-state index in [0.717, 1.165) is 31.0 Å². The summed E-state index contributed by atoms with van der Waals surface area (Å²) in [6, 6.07) is 18.0. The van der Waals surface area contributed by atoms with Crippen molar-refractivity contribution in [2.45, 2.75) is 25.8 Å². The van der Waals surface area contributed by atoms with Crippen molar-refractivity contribution in [2.75, 3.05) is 26.7 Å². The molecule has 7 heteroatoms. The number of carbonyl (C=O) groups excluding carboxylic acids is 2. The lowest BCUT2D eigenvalue weighted by atomic mass is 9.82. The van der Waals surface area contributed by atoms with Gasteiger partial charge in [0.25, 0.3) is 5.91 Å². The van der Waals surface area contributed by atoms with Crippen LogP contribution >= 0.6 is 0 Å². The van der Waals surface area contributed by atoms with Crippen LogP contribution in [0.15, 0.2) is 59.6 Å². The normalized spacial score (nSPS) is 19.0. The van der Waals surface area contributed by atoms with Gasteiger partial charge in [0, 0.05) is 32.2 Å². The first-order valence-corrected chi connectivity index (χ1v) is 10.6. The second-order valence-electron chi connectivity index (χ2n) is 7.98. The van der Waals surface area contributed by atoms with Crippen LogP contribution in [0.5, 0.6) is 0 Å². The smallest absolute Gasteiger partial charge is 0.251 e. The van der Waals surface area contributed by atoms with Crippen LogP contribution in [0.25, 0.3) is 0 Å². The van der Waals surface area contributed by atoms with Crippen molar-refractivity contribution in [3.8, 4) is 0 Å². The van der Waals surface area contributed by atoms with Gasteiger partial charge in [0.15, 0.2) is 5.96 Å². The van der Waals surface area contributed by atoms with Crippen LogP contribution in [0.4, 0.5) is 0 Å². The lowest BCUT2D eigenvalue weighted by Crippen LogP contribution is -2.47. The van der Waals surface area contributed by atoms with Gasteiger partial charge in [-0.15, -0.1) is 0 Å². The topological polar surface area (TPSA) is 99.8 Å². The van der Waals surface area contributed by atoms with Gasteiger partial charge < -0.3 is 21.3 Å². The molecule has 1 aliphatic heterocycles. The van der Waals surface area contributed by atoms with Gasteiger partial charge in [0.1, 0.15) is 0 Å². The van der Waals surface area contributed by atoms with Gasteiger partial charge in [0.05, 0.1) is 6.54 Å². The molecule has 4 N–H and O–H groups in total. The van der Waals surface area contributed by atoms with E-state index in [-0.39, 0.29) is 12.5 Å². The van der Waals surface area contributed by atoms with Crippen LogP contribution in [0.3, 0.4) is 0 Å². The quantitative estimate of drug-likeness (QED) is 0.491. The number of hydrogen-bond acceptors (Lipinski definition) is 3. The van der Waals surface area contributed by atoms with Crippen molar-refractivity contribution in [1.29, 1.82) is 0 Å². The molecule has 0 radical (unpaired) electrons. The Morgan fingerprint density at radius 3 is 2.42 bits per heavy atom. The Morgan fingerprint density at radius 2 is 1.81 bits per heavy atom. The number of piperidine rings is 1. The van der Waals surface area contributed by atoms with Gasteiger partial charge in [0.2, 0.25) is 5.91 Å². The van der Waals surface area contributed by atoms with E-state index in [1.54, 1.807) is 12.1 Å². The fourth-order valence-corrected chi connectivity index (χ4v) is 4.09. The Kier molecular flexibility index (Phi) is 7.65. The van der Waals surface area contributed by atoms with Gasteiger partial charge in [-0.1, -0.05) is 49.4 Å². The van der Waals surface area contributed by atoms with Crippen LogP contribution < -0.4 is 16.4 Å². The fraction of sp³-hybridized carbons (Fsp3) is 0.375. The molecule has 1 heterocycles. The van der Waals surface area contributed by atoms with Gasteiger partial charge >= 0.3 is 0 Å². The average molecular weight is 422 g/mol. The number of guanidine groups is 1. The van der Waals surface area contributed by atoms with E-state index in [9.17, 15) is 9.59 Å². The first kappa shape index (κ1) is 22.3. The molecule has 1 aliphatic rings. The lowest BCUT2D eigenvalue weighted by Gasteiger charge is -2.39. The van der Waals surface area contributed by atoms with Crippen LogP contribution in [0, 0.1) is 5.92 Å². The first-order valence-electron chi connectivity index (χ1n) is 10.6. The van der Waals surface area contributed by atoms with E-state index in [1.165, 1.54) is 5.56 Å². The maximum Gasteiger partial charge on any atom is 0.251 e. The number of likely N-dealkylation sites (tertiary alicyclic amines) is 1. The molecule has 2 aromatic rings. The molecule has 7 nitrogen and oxygen atoms in total. The Labute approximate surface area is 183 Å². The molecule has 1 saturated heterocycles. The van der Waals surface area contributed by atoms with E-state index in [0.29, 0.717) is 23.9 Å². The molecule has 2 aromatic carbocycles. The van der Waals surface area contributed by atoms with Crippen LogP contribution in [0.2, 0.25) is 0 Å². The van der Waals surface area contributed by atoms with Crippen molar-refractivity contribution in [3.05, 3.63) is 71.3 Å². The average Bonchev–Trinajstić information content (AvgIpc) is 2.79. The third-order valence-electron chi connectivity index (χ3n) is 5.73. The maximum absolute atomic E-state index is 12.0. The number of aliphatic imine (C=N–C) groups is 1. The standard InChI is InChI=1S/C24H31N5O2/c1-17-16-29(13-12-21(17)19-6-4-3-5-7-19)24(26-2)28-14-18-8-10-20(11-9-18)23(31)27-15-22(25)30/h3-11,17,21H,12-16H2,1-2H3,(H2,25,30)(H,26,28)(H,27,31). The Morgan fingerprint density at radius 1 is 1.10 bits per heavy atom. The zero-order valence-corrected chi connectivity index (χ0v) is 18.2. The van der Waals surface area contributed by atoms with E-state index < -0.39 is 5.91 Å². The van der Waals surface area contributed by atoms with Crippen LogP contribution in [0.1, 0.15) is 40.7 Å². The molecule has 2 unspecified atom stereocenters. The minimum atomic E-state index is -0.567. The summed E-state index contributed by atoms with van der Waals surface area (Å²) < 4.78 is 0. The van der Waals surface area contributed by atoms with Crippen molar-refractivity contribution >= 4 is 17.8 Å². The number of nitrogens with zero attached hydrogens (tertiary/aromatic N) is 2. The molecule has 0 bridgehead atoms. The van der Waals surface area contributed by atoms with Crippen LogP contribution in [-0.2, 0) is 11.3 Å².